The number of aromatic nitrogens is 3. The lowest BCUT2D eigenvalue weighted by molar-refractivity contribution is -0.127. The molecule has 3 heterocycles. The Balaban J connectivity index is 1.22. The molecular formula is C26H25N5O3S. The smallest absolute Gasteiger partial charge is 0.275 e. The van der Waals surface area contributed by atoms with Crippen LogP contribution < -0.4 is 10.3 Å². The molecule has 5 rings (SSSR count). The van der Waals surface area contributed by atoms with Gasteiger partial charge in [0, 0.05) is 50.4 Å². The van der Waals surface area contributed by atoms with Gasteiger partial charge in [0.2, 0.25) is 10.9 Å². The lowest BCUT2D eigenvalue weighted by Gasteiger charge is -2.34. The van der Waals surface area contributed by atoms with Crippen LogP contribution in [0.4, 0.5) is 0 Å². The van der Waals surface area contributed by atoms with Crippen molar-refractivity contribution in [3.8, 4) is 16.3 Å². The second-order valence-corrected chi connectivity index (χ2v) is 9.22. The highest BCUT2D eigenvalue weighted by Crippen LogP contribution is 2.26. The third-order valence-electron chi connectivity index (χ3n) is 5.92. The predicted octanol–water partition coefficient (Wildman–Crippen LogP) is 3.18. The summed E-state index contributed by atoms with van der Waals surface area (Å²) in [6.45, 7) is 3.30. The minimum atomic E-state index is -0.194. The quantitative estimate of drug-likeness (QED) is 0.389. The Labute approximate surface area is 206 Å². The van der Waals surface area contributed by atoms with Gasteiger partial charge in [0.25, 0.3) is 5.56 Å². The number of rotatable bonds is 6. The average molecular weight is 488 g/mol. The number of nitrogens with zero attached hydrogens (tertiary/aromatic N) is 5. The van der Waals surface area contributed by atoms with Gasteiger partial charge in [0.1, 0.15) is 10.8 Å². The third kappa shape index (κ3) is 5.31. The van der Waals surface area contributed by atoms with Crippen molar-refractivity contribution in [2.45, 2.75) is 6.54 Å². The molecule has 1 amide bonds. The highest BCUT2D eigenvalue weighted by molar-refractivity contribution is 7.19. The zero-order valence-electron chi connectivity index (χ0n) is 19.3. The first-order valence-electron chi connectivity index (χ1n) is 11.4. The van der Waals surface area contributed by atoms with Gasteiger partial charge in [0.15, 0.2) is 0 Å². The summed E-state index contributed by atoms with van der Waals surface area (Å²) in [6.07, 6.45) is 3.47. The Morgan fingerprint density at radius 3 is 2.51 bits per heavy atom. The Hall–Kier alpha value is -3.82. The first kappa shape index (κ1) is 22.9. The van der Waals surface area contributed by atoms with Crippen molar-refractivity contribution >= 4 is 28.3 Å². The second-order valence-electron chi connectivity index (χ2n) is 8.26. The van der Waals surface area contributed by atoms with Crippen LogP contribution in [-0.4, -0.2) is 63.6 Å². The number of fused-ring (bicyclic) bond motifs is 1. The molecule has 178 valence electrons. The number of ether oxygens (including phenoxy) is 1. The number of carbonyl (C=O) groups is 1. The zero-order chi connectivity index (χ0) is 24.2. The van der Waals surface area contributed by atoms with E-state index in [0.29, 0.717) is 30.3 Å². The van der Waals surface area contributed by atoms with Crippen LogP contribution in [0.1, 0.15) is 11.3 Å². The molecule has 0 N–H and O–H groups in total. The molecule has 0 spiro atoms. The fraction of sp³-hybridized carbons (Fsp3) is 0.231. The maximum atomic E-state index is 12.7. The number of carbonyl (C=O) groups excluding carboxylic acids is 1. The summed E-state index contributed by atoms with van der Waals surface area (Å²) in [5.74, 6) is 0.781. The highest BCUT2D eigenvalue weighted by atomic mass is 32.1. The van der Waals surface area contributed by atoms with Crippen LogP contribution in [0, 0.1) is 0 Å². The van der Waals surface area contributed by atoms with Gasteiger partial charge in [-0.2, -0.15) is 9.61 Å². The summed E-state index contributed by atoms with van der Waals surface area (Å²) in [5.41, 5.74) is 2.43. The van der Waals surface area contributed by atoms with Crippen molar-refractivity contribution in [2.24, 2.45) is 0 Å². The standard InChI is InChI=1S/C26H25N5O3S/c1-34-22-10-8-20(9-11-22)25-28-31-24(33)17-21(27-26(31)35-25)18-29-13-15-30(16-14-29)23(32)12-7-19-5-3-2-4-6-19/h2-12,17H,13-16,18H2,1H3/b12-7+. The van der Waals surface area contributed by atoms with Crippen LogP contribution in [0.25, 0.3) is 21.6 Å². The number of piperazine rings is 1. The van der Waals surface area contributed by atoms with Crippen molar-refractivity contribution in [3.63, 3.8) is 0 Å². The first-order chi connectivity index (χ1) is 17.1. The molecule has 8 nitrogen and oxygen atoms in total. The summed E-state index contributed by atoms with van der Waals surface area (Å²) < 4.78 is 6.56. The van der Waals surface area contributed by atoms with E-state index in [2.05, 4.69) is 15.0 Å². The lowest BCUT2D eigenvalue weighted by Crippen LogP contribution is -2.48. The molecule has 1 saturated heterocycles. The van der Waals surface area contributed by atoms with Gasteiger partial charge >= 0.3 is 0 Å². The fourth-order valence-corrected chi connectivity index (χ4v) is 4.91. The van der Waals surface area contributed by atoms with Crippen LogP contribution in [0.15, 0.2) is 71.5 Å². The van der Waals surface area contributed by atoms with Gasteiger partial charge < -0.3 is 9.64 Å². The first-order valence-corrected chi connectivity index (χ1v) is 12.2. The molecular weight excluding hydrogens is 462 g/mol. The molecule has 0 saturated carbocycles. The fourth-order valence-electron chi connectivity index (χ4n) is 3.98. The molecule has 0 radical (unpaired) electrons. The van der Waals surface area contributed by atoms with Gasteiger partial charge in [-0.1, -0.05) is 41.7 Å². The molecule has 9 heteroatoms. The molecule has 0 atom stereocenters. The Morgan fingerprint density at radius 1 is 1.06 bits per heavy atom. The second kappa shape index (κ2) is 10.2. The van der Waals surface area contributed by atoms with E-state index in [1.807, 2.05) is 65.6 Å². The van der Waals surface area contributed by atoms with E-state index in [1.165, 1.54) is 15.9 Å². The maximum absolute atomic E-state index is 12.7. The van der Waals surface area contributed by atoms with Crippen LogP contribution in [0.2, 0.25) is 0 Å². The zero-order valence-corrected chi connectivity index (χ0v) is 20.1. The van der Waals surface area contributed by atoms with Crippen molar-refractivity contribution in [1.82, 2.24) is 24.4 Å². The van der Waals surface area contributed by atoms with E-state index in [9.17, 15) is 9.59 Å². The third-order valence-corrected chi connectivity index (χ3v) is 6.88. The van der Waals surface area contributed by atoms with Crippen molar-refractivity contribution in [1.29, 1.82) is 0 Å². The number of methoxy groups -OCH3 is 1. The van der Waals surface area contributed by atoms with E-state index in [-0.39, 0.29) is 11.5 Å². The molecule has 4 aromatic rings. The van der Waals surface area contributed by atoms with E-state index in [1.54, 1.807) is 19.3 Å². The molecule has 0 aliphatic carbocycles. The largest absolute Gasteiger partial charge is 0.497 e. The molecule has 2 aromatic carbocycles. The van der Waals surface area contributed by atoms with E-state index in [4.69, 9.17) is 4.74 Å². The SMILES string of the molecule is COc1ccc(-c2nn3c(=O)cc(CN4CCN(C(=O)/C=C/c5ccccc5)CC4)nc3s2)cc1. The van der Waals surface area contributed by atoms with E-state index >= 15 is 0 Å². The van der Waals surface area contributed by atoms with Crippen molar-refractivity contribution in [3.05, 3.63) is 88.4 Å². The number of amides is 1. The minimum absolute atomic E-state index is 0.0158. The van der Waals surface area contributed by atoms with Gasteiger partial charge in [-0.25, -0.2) is 4.98 Å². The summed E-state index contributed by atoms with van der Waals surface area (Å²) in [4.78, 5) is 34.5. The summed E-state index contributed by atoms with van der Waals surface area (Å²) in [7, 11) is 1.62. The average Bonchev–Trinajstić information content (AvgIpc) is 3.33. The monoisotopic (exact) mass is 487 g/mol. The van der Waals surface area contributed by atoms with Gasteiger partial charge in [-0.15, -0.1) is 0 Å². The summed E-state index contributed by atoms with van der Waals surface area (Å²) >= 11 is 1.38. The number of benzene rings is 2. The minimum Gasteiger partial charge on any atom is -0.497 e. The maximum Gasteiger partial charge on any atom is 0.275 e. The van der Waals surface area contributed by atoms with Crippen LogP contribution in [0.3, 0.4) is 0 Å². The predicted molar refractivity (Wildman–Crippen MR) is 136 cm³/mol. The Kier molecular flexibility index (Phi) is 6.69. The van der Waals surface area contributed by atoms with Gasteiger partial charge in [0.05, 0.1) is 12.8 Å². The van der Waals surface area contributed by atoms with Crippen LogP contribution in [-0.2, 0) is 11.3 Å². The molecule has 35 heavy (non-hydrogen) atoms. The lowest BCUT2D eigenvalue weighted by atomic mass is 10.2. The van der Waals surface area contributed by atoms with E-state index < -0.39 is 0 Å². The topological polar surface area (TPSA) is 80.0 Å². The van der Waals surface area contributed by atoms with E-state index in [0.717, 1.165) is 35.0 Å². The molecule has 1 aliphatic rings. The van der Waals surface area contributed by atoms with Gasteiger partial charge in [-0.3, -0.25) is 14.5 Å². The molecule has 0 bridgehead atoms. The Bertz CT molecular complexity index is 1400. The molecule has 1 aliphatic heterocycles. The highest BCUT2D eigenvalue weighted by Gasteiger charge is 2.21. The summed E-state index contributed by atoms with van der Waals surface area (Å²) in [5, 5.41) is 5.18. The number of hydrogen-bond acceptors (Lipinski definition) is 7. The van der Waals surface area contributed by atoms with Crippen LogP contribution >= 0.6 is 11.3 Å². The molecule has 0 unspecified atom stereocenters. The molecule has 1 fully saturated rings. The Morgan fingerprint density at radius 2 is 1.80 bits per heavy atom. The number of hydrogen-bond donors (Lipinski definition) is 0. The van der Waals surface area contributed by atoms with Crippen LogP contribution in [0.5, 0.6) is 5.75 Å². The normalized spacial score (nSPS) is 14.6. The summed E-state index contributed by atoms with van der Waals surface area (Å²) in [6, 6.07) is 18.9. The molecule has 2 aromatic heterocycles. The van der Waals surface area contributed by atoms with Crippen molar-refractivity contribution in [2.75, 3.05) is 33.3 Å². The van der Waals surface area contributed by atoms with Crippen molar-refractivity contribution < 1.29 is 9.53 Å². The van der Waals surface area contributed by atoms with Gasteiger partial charge in [-0.05, 0) is 35.9 Å².